The standard InChI is InChI=1S/C62H49N/c1-61(51-21-11-4-12-22-51)41-39-56(40-42-61)63(54-33-27-47(28-34-54)45-17-7-2-8-18-45)55-35-29-48(30-36-55)50-32-38-60-58(44-50)57-43-49(46-19-9-3-10-20-46)31-37-59(57)62(60,52-23-13-5-14-24-52)53-25-15-6-16-26-53/h2-30,32-36,38-41,43-44H,31,37,42H2,1H3. The van der Waals surface area contributed by atoms with Crippen molar-refractivity contribution < 1.29 is 0 Å². The van der Waals surface area contributed by atoms with Gasteiger partial charge in [0.1, 0.15) is 0 Å². The van der Waals surface area contributed by atoms with Crippen LogP contribution < -0.4 is 4.90 Å². The Labute approximate surface area is 372 Å². The topological polar surface area (TPSA) is 3.24 Å². The molecule has 1 unspecified atom stereocenters. The van der Waals surface area contributed by atoms with E-state index < -0.39 is 0 Å². The smallest absolute Gasteiger partial charge is 0.0676 e. The molecule has 0 aliphatic heterocycles. The first-order valence-electron chi connectivity index (χ1n) is 22.4. The van der Waals surface area contributed by atoms with E-state index >= 15 is 0 Å². The third kappa shape index (κ3) is 6.82. The predicted molar refractivity (Wildman–Crippen MR) is 265 cm³/mol. The van der Waals surface area contributed by atoms with Crippen molar-refractivity contribution in [1.82, 2.24) is 0 Å². The second-order valence-corrected chi connectivity index (χ2v) is 17.4. The summed E-state index contributed by atoms with van der Waals surface area (Å²) < 4.78 is 0. The van der Waals surface area contributed by atoms with E-state index in [2.05, 4.69) is 255 Å². The first kappa shape index (κ1) is 38.4. The molecule has 8 aromatic rings. The highest BCUT2D eigenvalue weighted by atomic mass is 15.1. The van der Waals surface area contributed by atoms with Gasteiger partial charge < -0.3 is 4.90 Å². The highest BCUT2D eigenvalue weighted by molar-refractivity contribution is 5.97. The van der Waals surface area contributed by atoms with Crippen LogP contribution in [0, 0.1) is 0 Å². The van der Waals surface area contributed by atoms with Crippen molar-refractivity contribution in [1.29, 1.82) is 0 Å². The van der Waals surface area contributed by atoms with Gasteiger partial charge in [-0.05, 0) is 128 Å². The molecule has 0 bridgehead atoms. The quantitative estimate of drug-likeness (QED) is 0.140. The van der Waals surface area contributed by atoms with Crippen LogP contribution >= 0.6 is 0 Å². The monoisotopic (exact) mass is 807 g/mol. The maximum Gasteiger partial charge on any atom is 0.0676 e. The molecule has 0 radical (unpaired) electrons. The number of fused-ring (bicyclic) bond motifs is 2. The van der Waals surface area contributed by atoms with E-state index in [-0.39, 0.29) is 10.8 Å². The number of anilines is 2. The molecule has 0 aromatic heterocycles. The first-order valence-corrected chi connectivity index (χ1v) is 22.4. The van der Waals surface area contributed by atoms with Gasteiger partial charge in [0.05, 0.1) is 5.41 Å². The lowest BCUT2D eigenvalue weighted by Crippen LogP contribution is -2.30. The molecule has 302 valence electrons. The number of hydrogen-bond donors (Lipinski definition) is 0. The van der Waals surface area contributed by atoms with Crippen molar-refractivity contribution in [3.63, 3.8) is 0 Å². The Balaban J connectivity index is 1.00. The molecule has 0 amide bonds. The van der Waals surface area contributed by atoms with Crippen LogP contribution in [-0.4, -0.2) is 0 Å². The molecule has 8 aromatic carbocycles. The fraction of sp³-hybridized carbons (Fsp3) is 0.0968. The van der Waals surface area contributed by atoms with Crippen LogP contribution in [-0.2, 0) is 10.8 Å². The predicted octanol–water partition coefficient (Wildman–Crippen LogP) is 15.9. The summed E-state index contributed by atoms with van der Waals surface area (Å²) >= 11 is 0. The second-order valence-electron chi connectivity index (χ2n) is 17.4. The summed E-state index contributed by atoms with van der Waals surface area (Å²) in [5, 5.41) is 0. The summed E-state index contributed by atoms with van der Waals surface area (Å²) in [6.45, 7) is 2.34. The number of nitrogens with zero attached hydrogens (tertiary/aromatic N) is 1. The summed E-state index contributed by atoms with van der Waals surface area (Å²) in [7, 11) is 0. The largest absolute Gasteiger partial charge is 0.311 e. The molecule has 0 fully saturated rings. The van der Waals surface area contributed by atoms with E-state index in [9.17, 15) is 0 Å². The van der Waals surface area contributed by atoms with Crippen molar-refractivity contribution in [2.24, 2.45) is 0 Å². The van der Waals surface area contributed by atoms with E-state index in [0.717, 1.165) is 30.6 Å². The highest BCUT2D eigenvalue weighted by Gasteiger charge is 2.48. The van der Waals surface area contributed by atoms with Crippen LogP contribution in [0.5, 0.6) is 0 Å². The zero-order valence-electron chi connectivity index (χ0n) is 35.7. The highest BCUT2D eigenvalue weighted by Crippen LogP contribution is 2.59. The van der Waals surface area contributed by atoms with Gasteiger partial charge in [0.15, 0.2) is 0 Å². The van der Waals surface area contributed by atoms with Gasteiger partial charge in [-0.1, -0.05) is 213 Å². The van der Waals surface area contributed by atoms with E-state index in [4.69, 9.17) is 0 Å². The third-order valence-electron chi connectivity index (χ3n) is 13.8. The van der Waals surface area contributed by atoms with Crippen LogP contribution in [0.4, 0.5) is 11.4 Å². The summed E-state index contributed by atoms with van der Waals surface area (Å²) in [6.07, 6.45) is 12.5. The van der Waals surface area contributed by atoms with Gasteiger partial charge in [0, 0.05) is 22.5 Å². The van der Waals surface area contributed by atoms with Gasteiger partial charge in [-0.15, -0.1) is 0 Å². The van der Waals surface area contributed by atoms with Crippen LogP contribution in [0.25, 0.3) is 33.4 Å². The van der Waals surface area contributed by atoms with Crippen molar-refractivity contribution in [3.8, 4) is 22.3 Å². The Bertz CT molecular complexity index is 2990. The molecule has 0 saturated carbocycles. The maximum atomic E-state index is 2.50. The van der Waals surface area contributed by atoms with E-state index in [1.165, 1.54) is 78.1 Å². The van der Waals surface area contributed by atoms with Crippen LogP contribution in [0.3, 0.4) is 0 Å². The van der Waals surface area contributed by atoms with E-state index in [0.29, 0.717) is 0 Å². The van der Waals surface area contributed by atoms with Gasteiger partial charge in [0.2, 0.25) is 0 Å². The molecule has 3 aliphatic carbocycles. The number of benzene rings is 8. The number of hydrogen-bond acceptors (Lipinski definition) is 1. The van der Waals surface area contributed by atoms with Crippen LogP contribution in [0.1, 0.15) is 59.6 Å². The molecule has 0 saturated heterocycles. The van der Waals surface area contributed by atoms with Crippen molar-refractivity contribution in [2.75, 3.05) is 4.90 Å². The lowest BCUT2D eigenvalue weighted by Gasteiger charge is -2.37. The zero-order valence-corrected chi connectivity index (χ0v) is 35.7. The van der Waals surface area contributed by atoms with Crippen molar-refractivity contribution in [3.05, 3.63) is 287 Å². The lowest BCUT2D eigenvalue weighted by molar-refractivity contribution is 0.595. The van der Waals surface area contributed by atoms with E-state index in [1.807, 2.05) is 0 Å². The molecule has 63 heavy (non-hydrogen) atoms. The number of allylic oxidation sites excluding steroid dienone is 7. The summed E-state index contributed by atoms with van der Waals surface area (Å²) in [5.41, 5.74) is 20.1. The second kappa shape index (κ2) is 16.1. The molecular formula is C62H49N. The van der Waals surface area contributed by atoms with E-state index in [1.54, 1.807) is 0 Å². The number of rotatable bonds is 9. The Hall–Kier alpha value is -7.48. The molecule has 1 heteroatoms. The fourth-order valence-electron chi connectivity index (χ4n) is 10.5. The fourth-order valence-corrected chi connectivity index (χ4v) is 10.5. The Morgan fingerprint density at radius 2 is 0.921 bits per heavy atom. The van der Waals surface area contributed by atoms with Crippen molar-refractivity contribution >= 4 is 22.5 Å². The van der Waals surface area contributed by atoms with Crippen molar-refractivity contribution in [2.45, 2.75) is 37.0 Å². The van der Waals surface area contributed by atoms with Gasteiger partial charge in [-0.25, -0.2) is 0 Å². The Morgan fingerprint density at radius 3 is 1.46 bits per heavy atom. The molecular weight excluding hydrogens is 759 g/mol. The molecule has 0 spiro atoms. The zero-order chi connectivity index (χ0) is 42.2. The maximum absolute atomic E-state index is 2.50. The summed E-state index contributed by atoms with van der Waals surface area (Å²) in [5.74, 6) is 0. The van der Waals surface area contributed by atoms with Gasteiger partial charge in [-0.3, -0.25) is 0 Å². The minimum absolute atomic E-state index is 0.0612. The van der Waals surface area contributed by atoms with Crippen LogP contribution in [0.2, 0.25) is 0 Å². The summed E-state index contributed by atoms with van der Waals surface area (Å²) in [6, 6.07) is 80.3. The Morgan fingerprint density at radius 1 is 0.444 bits per heavy atom. The average molecular weight is 808 g/mol. The molecule has 0 N–H and O–H groups in total. The first-order chi connectivity index (χ1) is 31.1. The molecule has 1 atom stereocenters. The average Bonchev–Trinajstić information content (AvgIpc) is 3.66. The third-order valence-corrected chi connectivity index (χ3v) is 13.8. The summed E-state index contributed by atoms with van der Waals surface area (Å²) in [4.78, 5) is 2.41. The molecule has 11 rings (SSSR count). The molecule has 1 nitrogen and oxygen atoms in total. The molecule has 3 aliphatic rings. The normalized spacial score (nSPS) is 17.3. The molecule has 0 heterocycles. The van der Waals surface area contributed by atoms with Gasteiger partial charge in [0.25, 0.3) is 0 Å². The minimum Gasteiger partial charge on any atom is -0.311 e. The van der Waals surface area contributed by atoms with Crippen LogP contribution in [0.15, 0.2) is 254 Å². The Kier molecular flexibility index (Phi) is 9.82. The lowest BCUT2D eigenvalue weighted by atomic mass is 9.65. The van der Waals surface area contributed by atoms with Gasteiger partial charge >= 0.3 is 0 Å². The SMILES string of the molecule is CC1(c2ccccc2)C=CC(N(c2ccc(-c3ccccc3)cc2)c2ccc(-c3ccc4c(c3)C3=C(CCC(c5ccccc5)=C3)C4(c3ccccc3)c3ccccc3)cc2)=CC1. The minimum atomic E-state index is -0.372. The van der Waals surface area contributed by atoms with Gasteiger partial charge in [-0.2, -0.15) is 0 Å².